The predicted molar refractivity (Wildman–Crippen MR) is 101 cm³/mol. The maximum absolute atomic E-state index is 5.81. The highest BCUT2D eigenvalue weighted by molar-refractivity contribution is 7.99. The van der Waals surface area contributed by atoms with Crippen LogP contribution >= 0.6 is 11.8 Å². The Morgan fingerprint density at radius 3 is 2.42 bits per heavy atom. The molecule has 2 aromatic carbocycles. The number of ether oxygens (including phenoxy) is 3. The van der Waals surface area contributed by atoms with Gasteiger partial charge in [0.15, 0.2) is 22.5 Å². The second-order valence-electron chi connectivity index (χ2n) is 5.41. The standard InChI is InChI=1S/C19H21N3O3S/c1-22-18(14-25-17-11-7-6-10-16(17)23-2)20-21-19(22)26-13-12-24-15-8-4-3-5-9-15/h3-11H,12-14H2,1-2H3. The molecular formula is C19H21N3O3S. The van der Waals surface area contributed by atoms with Crippen molar-refractivity contribution in [2.24, 2.45) is 7.05 Å². The third kappa shape index (κ3) is 4.70. The summed E-state index contributed by atoms with van der Waals surface area (Å²) < 4.78 is 18.7. The van der Waals surface area contributed by atoms with Gasteiger partial charge in [-0.05, 0) is 24.3 Å². The number of benzene rings is 2. The quantitative estimate of drug-likeness (QED) is 0.423. The molecule has 0 aliphatic carbocycles. The molecule has 7 heteroatoms. The smallest absolute Gasteiger partial charge is 0.191 e. The minimum atomic E-state index is 0.324. The zero-order chi connectivity index (χ0) is 18.2. The van der Waals surface area contributed by atoms with Gasteiger partial charge in [0.1, 0.15) is 12.4 Å². The van der Waals surface area contributed by atoms with Gasteiger partial charge in [-0.25, -0.2) is 0 Å². The number of nitrogens with zero attached hydrogens (tertiary/aromatic N) is 3. The summed E-state index contributed by atoms with van der Waals surface area (Å²) in [5, 5.41) is 9.27. The average Bonchev–Trinajstić information content (AvgIpc) is 3.04. The summed E-state index contributed by atoms with van der Waals surface area (Å²) in [6, 6.07) is 17.3. The lowest BCUT2D eigenvalue weighted by Gasteiger charge is -2.10. The van der Waals surface area contributed by atoms with Crippen LogP contribution < -0.4 is 14.2 Å². The van der Waals surface area contributed by atoms with E-state index in [-0.39, 0.29) is 0 Å². The van der Waals surface area contributed by atoms with Crippen molar-refractivity contribution in [1.82, 2.24) is 14.8 Å². The molecule has 0 unspecified atom stereocenters. The van der Waals surface area contributed by atoms with E-state index in [0.29, 0.717) is 24.7 Å². The molecule has 0 N–H and O–H groups in total. The first-order valence-electron chi connectivity index (χ1n) is 8.22. The van der Waals surface area contributed by atoms with E-state index in [1.807, 2.05) is 66.2 Å². The zero-order valence-corrected chi connectivity index (χ0v) is 15.6. The number of hydrogen-bond acceptors (Lipinski definition) is 6. The van der Waals surface area contributed by atoms with Crippen LogP contribution in [0.2, 0.25) is 0 Å². The number of hydrogen-bond donors (Lipinski definition) is 0. The molecular weight excluding hydrogens is 350 g/mol. The van der Waals surface area contributed by atoms with Gasteiger partial charge in [0.2, 0.25) is 0 Å². The van der Waals surface area contributed by atoms with Crippen LogP contribution in [0.25, 0.3) is 0 Å². The fraction of sp³-hybridized carbons (Fsp3) is 0.263. The number of aromatic nitrogens is 3. The summed E-state index contributed by atoms with van der Waals surface area (Å²) in [6.45, 7) is 0.930. The summed E-state index contributed by atoms with van der Waals surface area (Å²) >= 11 is 1.60. The lowest BCUT2D eigenvalue weighted by atomic mass is 10.3. The molecule has 6 nitrogen and oxygen atoms in total. The Labute approximate surface area is 157 Å². The molecule has 0 amide bonds. The largest absolute Gasteiger partial charge is 0.493 e. The van der Waals surface area contributed by atoms with Crippen molar-refractivity contribution in [2.45, 2.75) is 11.8 Å². The van der Waals surface area contributed by atoms with Gasteiger partial charge in [-0.2, -0.15) is 0 Å². The van der Waals surface area contributed by atoms with E-state index in [4.69, 9.17) is 14.2 Å². The average molecular weight is 371 g/mol. The highest BCUT2D eigenvalue weighted by Gasteiger charge is 2.11. The van der Waals surface area contributed by atoms with Gasteiger partial charge in [-0.1, -0.05) is 42.1 Å². The minimum absolute atomic E-state index is 0.324. The second kappa shape index (κ2) is 9.15. The molecule has 3 rings (SSSR count). The lowest BCUT2D eigenvalue weighted by Crippen LogP contribution is -2.06. The van der Waals surface area contributed by atoms with E-state index in [0.717, 1.165) is 22.5 Å². The van der Waals surface area contributed by atoms with Crippen LogP contribution in [-0.4, -0.2) is 34.2 Å². The summed E-state index contributed by atoms with van der Waals surface area (Å²) in [4.78, 5) is 0. The number of rotatable bonds is 9. The Bertz CT molecular complexity index is 824. The van der Waals surface area contributed by atoms with E-state index in [1.54, 1.807) is 18.9 Å². The van der Waals surface area contributed by atoms with Gasteiger partial charge < -0.3 is 18.8 Å². The highest BCUT2D eigenvalue weighted by atomic mass is 32.2. The van der Waals surface area contributed by atoms with Crippen molar-refractivity contribution in [3.63, 3.8) is 0 Å². The first-order valence-corrected chi connectivity index (χ1v) is 9.21. The maximum Gasteiger partial charge on any atom is 0.191 e. The van der Waals surface area contributed by atoms with Crippen LogP contribution in [0.4, 0.5) is 0 Å². The molecule has 0 fully saturated rings. The van der Waals surface area contributed by atoms with Crippen LogP contribution in [0.15, 0.2) is 59.8 Å². The molecule has 0 spiro atoms. The Morgan fingerprint density at radius 1 is 0.923 bits per heavy atom. The molecule has 26 heavy (non-hydrogen) atoms. The van der Waals surface area contributed by atoms with Crippen molar-refractivity contribution < 1.29 is 14.2 Å². The van der Waals surface area contributed by atoms with E-state index in [1.165, 1.54) is 0 Å². The molecule has 0 saturated carbocycles. The monoisotopic (exact) mass is 371 g/mol. The highest BCUT2D eigenvalue weighted by Crippen LogP contribution is 2.26. The van der Waals surface area contributed by atoms with Crippen LogP contribution in [0.3, 0.4) is 0 Å². The first kappa shape index (κ1) is 18.1. The number of thioether (sulfide) groups is 1. The maximum atomic E-state index is 5.81. The van der Waals surface area contributed by atoms with Gasteiger partial charge in [-0.15, -0.1) is 10.2 Å². The minimum Gasteiger partial charge on any atom is -0.493 e. The molecule has 3 aromatic rings. The Hall–Kier alpha value is -2.67. The zero-order valence-electron chi connectivity index (χ0n) is 14.8. The molecule has 0 radical (unpaired) electrons. The molecule has 1 heterocycles. The van der Waals surface area contributed by atoms with Crippen molar-refractivity contribution in [3.05, 3.63) is 60.4 Å². The summed E-state index contributed by atoms with van der Waals surface area (Å²) in [5.74, 6) is 3.79. The van der Waals surface area contributed by atoms with E-state index < -0.39 is 0 Å². The van der Waals surface area contributed by atoms with Crippen molar-refractivity contribution in [3.8, 4) is 17.2 Å². The normalized spacial score (nSPS) is 10.5. The van der Waals surface area contributed by atoms with Gasteiger partial charge >= 0.3 is 0 Å². The SMILES string of the molecule is COc1ccccc1OCc1nnc(SCCOc2ccccc2)n1C. The molecule has 136 valence electrons. The molecule has 0 aliphatic heterocycles. The Morgan fingerprint density at radius 2 is 1.65 bits per heavy atom. The van der Waals surface area contributed by atoms with E-state index in [2.05, 4.69) is 10.2 Å². The second-order valence-corrected chi connectivity index (χ2v) is 6.47. The van der Waals surface area contributed by atoms with E-state index in [9.17, 15) is 0 Å². The van der Waals surface area contributed by atoms with Crippen LogP contribution in [0, 0.1) is 0 Å². The van der Waals surface area contributed by atoms with Gasteiger partial charge in [0.05, 0.1) is 13.7 Å². The third-order valence-corrected chi connectivity index (χ3v) is 4.66. The topological polar surface area (TPSA) is 58.4 Å². The predicted octanol–water partition coefficient (Wildman–Crippen LogP) is 3.57. The van der Waals surface area contributed by atoms with Crippen LogP contribution in [0.5, 0.6) is 17.2 Å². The number of para-hydroxylation sites is 3. The lowest BCUT2D eigenvalue weighted by molar-refractivity contribution is 0.272. The van der Waals surface area contributed by atoms with Crippen molar-refractivity contribution in [2.75, 3.05) is 19.5 Å². The van der Waals surface area contributed by atoms with Crippen LogP contribution in [-0.2, 0) is 13.7 Å². The Kier molecular flexibility index (Phi) is 6.38. The fourth-order valence-electron chi connectivity index (χ4n) is 2.29. The van der Waals surface area contributed by atoms with Gasteiger partial charge in [-0.3, -0.25) is 0 Å². The summed E-state index contributed by atoms with van der Waals surface area (Å²) in [6.07, 6.45) is 0. The van der Waals surface area contributed by atoms with Gasteiger partial charge in [0, 0.05) is 12.8 Å². The summed E-state index contributed by atoms with van der Waals surface area (Å²) in [5.41, 5.74) is 0. The van der Waals surface area contributed by atoms with Crippen LogP contribution in [0.1, 0.15) is 5.82 Å². The Balaban J connectivity index is 1.49. The fourth-order valence-corrected chi connectivity index (χ4v) is 3.03. The molecule has 0 saturated heterocycles. The number of methoxy groups -OCH3 is 1. The first-order chi connectivity index (χ1) is 12.8. The molecule has 0 atom stereocenters. The van der Waals surface area contributed by atoms with Crippen molar-refractivity contribution in [1.29, 1.82) is 0 Å². The third-order valence-electron chi connectivity index (χ3n) is 3.68. The molecule has 0 bridgehead atoms. The molecule has 1 aromatic heterocycles. The summed E-state index contributed by atoms with van der Waals surface area (Å²) in [7, 11) is 3.55. The van der Waals surface area contributed by atoms with E-state index >= 15 is 0 Å². The van der Waals surface area contributed by atoms with Gasteiger partial charge in [0.25, 0.3) is 0 Å². The molecule has 0 aliphatic rings. The van der Waals surface area contributed by atoms with Crippen molar-refractivity contribution >= 4 is 11.8 Å².